The van der Waals surface area contributed by atoms with Crippen molar-refractivity contribution in [2.45, 2.75) is 26.3 Å². The molecule has 0 spiro atoms. The van der Waals surface area contributed by atoms with Crippen LogP contribution in [0.5, 0.6) is 0 Å². The number of hydrogen-bond acceptors (Lipinski definition) is 4. The minimum atomic E-state index is -0.799. The molecule has 1 heterocycles. The third-order valence-electron chi connectivity index (χ3n) is 3.17. The number of hydrogen-bond donors (Lipinski definition) is 1. The van der Waals surface area contributed by atoms with Crippen molar-refractivity contribution < 1.29 is 9.90 Å². The summed E-state index contributed by atoms with van der Waals surface area (Å²) in [7, 11) is 0. The summed E-state index contributed by atoms with van der Waals surface area (Å²) in [6.07, 6.45) is 0.877. The summed E-state index contributed by atoms with van der Waals surface area (Å²) >= 11 is 5.73. The van der Waals surface area contributed by atoms with Gasteiger partial charge in [0.05, 0.1) is 0 Å². The molecule has 112 valence electrons. The lowest BCUT2D eigenvalue weighted by molar-refractivity contribution is -0.138. The molecule has 2 rings (SSSR count). The number of aliphatic carboxylic acids is 1. The molecule has 0 aliphatic carbocycles. The number of tetrazole rings is 1. The van der Waals surface area contributed by atoms with E-state index in [0.29, 0.717) is 12.4 Å². The topological polar surface area (TPSA) is 80.9 Å². The van der Waals surface area contributed by atoms with E-state index >= 15 is 0 Å². The predicted molar refractivity (Wildman–Crippen MR) is 89.7 cm³/mol. The van der Waals surface area contributed by atoms with Crippen LogP contribution in [0.1, 0.15) is 19.8 Å². The molecule has 0 saturated carbocycles. The van der Waals surface area contributed by atoms with Gasteiger partial charge in [0.15, 0.2) is 5.82 Å². The van der Waals surface area contributed by atoms with Crippen molar-refractivity contribution in [2.24, 2.45) is 5.92 Å². The van der Waals surface area contributed by atoms with Gasteiger partial charge in [-0.05, 0) is 57.1 Å². The summed E-state index contributed by atoms with van der Waals surface area (Å²) in [6.45, 7) is 2.46. The van der Waals surface area contributed by atoms with Crippen molar-refractivity contribution in [1.29, 1.82) is 0 Å². The first-order valence-electron chi connectivity index (χ1n) is 6.44. The fraction of sp³-hybridized carbons (Fsp3) is 0.385. The smallest absolute Gasteiger partial charge is 0.303 e. The van der Waals surface area contributed by atoms with Crippen molar-refractivity contribution in [1.82, 2.24) is 20.2 Å². The van der Waals surface area contributed by atoms with Crippen LogP contribution in [0, 0.1) is 9.49 Å². The monoisotopic (exact) mass is 464 g/mol. The predicted octanol–water partition coefficient (Wildman–Crippen LogP) is 3.21. The molecule has 0 aliphatic rings. The maximum atomic E-state index is 10.9. The Morgan fingerprint density at radius 3 is 2.95 bits per heavy atom. The molecule has 0 radical (unpaired) electrons. The first-order valence-corrected chi connectivity index (χ1v) is 8.31. The van der Waals surface area contributed by atoms with E-state index in [2.05, 4.69) is 54.0 Å². The molecule has 0 bridgehead atoms. The van der Waals surface area contributed by atoms with Gasteiger partial charge in [0.2, 0.25) is 0 Å². The quantitative estimate of drug-likeness (QED) is 0.664. The van der Waals surface area contributed by atoms with Crippen LogP contribution in [0.2, 0.25) is 0 Å². The van der Waals surface area contributed by atoms with Crippen LogP contribution in [0.4, 0.5) is 0 Å². The third kappa shape index (κ3) is 4.22. The number of aromatic nitrogens is 4. The molecule has 1 N–H and O–H groups in total. The maximum Gasteiger partial charge on any atom is 0.303 e. The van der Waals surface area contributed by atoms with Gasteiger partial charge in [-0.2, -0.15) is 0 Å². The largest absolute Gasteiger partial charge is 0.481 e. The van der Waals surface area contributed by atoms with E-state index in [0.717, 1.165) is 20.0 Å². The van der Waals surface area contributed by atoms with E-state index in [9.17, 15) is 4.79 Å². The van der Waals surface area contributed by atoms with Gasteiger partial charge in [-0.15, -0.1) is 5.10 Å². The Labute approximate surface area is 144 Å². The fourth-order valence-electron chi connectivity index (χ4n) is 2.02. The number of halogens is 2. The number of rotatable bonds is 6. The summed E-state index contributed by atoms with van der Waals surface area (Å²) in [4.78, 5) is 10.9. The van der Waals surface area contributed by atoms with Gasteiger partial charge in [-0.25, -0.2) is 4.68 Å². The van der Waals surface area contributed by atoms with Crippen LogP contribution < -0.4 is 0 Å². The summed E-state index contributed by atoms with van der Waals surface area (Å²) in [5.41, 5.74) is 0.900. The molecule has 21 heavy (non-hydrogen) atoms. The Morgan fingerprint density at radius 1 is 1.52 bits per heavy atom. The number of benzene rings is 1. The molecule has 0 fully saturated rings. The second-order valence-electron chi connectivity index (χ2n) is 4.68. The van der Waals surface area contributed by atoms with Gasteiger partial charge in [-0.1, -0.05) is 29.3 Å². The molecule has 0 saturated heterocycles. The molecule has 1 aromatic heterocycles. The average Bonchev–Trinajstić information content (AvgIpc) is 2.88. The zero-order valence-corrected chi connectivity index (χ0v) is 15.1. The van der Waals surface area contributed by atoms with Crippen molar-refractivity contribution in [3.05, 3.63) is 26.2 Å². The number of nitrogens with zero attached hydrogens (tertiary/aromatic N) is 4. The minimum absolute atomic E-state index is 0.00584. The molecule has 1 aromatic carbocycles. The molecule has 1 unspecified atom stereocenters. The van der Waals surface area contributed by atoms with E-state index in [-0.39, 0.29) is 12.3 Å². The molecule has 8 heteroatoms. The van der Waals surface area contributed by atoms with Gasteiger partial charge >= 0.3 is 5.97 Å². The lowest BCUT2D eigenvalue weighted by atomic mass is 10.0. The van der Waals surface area contributed by atoms with Gasteiger partial charge in [-0.3, -0.25) is 4.79 Å². The van der Waals surface area contributed by atoms with Gasteiger partial charge in [0.1, 0.15) is 0 Å². The highest BCUT2D eigenvalue weighted by molar-refractivity contribution is 14.1. The molecular weight excluding hydrogens is 451 g/mol. The van der Waals surface area contributed by atoms with Gasteiger partial charge in [0.25, 0.3) is 0 Å². The van der Waals surface area contributed by atoms with E-state index in [1.54, 1.807) is 4.68 Å². The van der Waals surface area contributed by atoms with Gasteiger partial charge < -0.3 is 5.11 Å². The first-order chi connectivity index (χ1) is 10.0. The van der Waals surface area contributed by atoms with Gasteiger partial charge in [0, 0.05) is 26.6 Å². The number of carbonyl (C=O) groups is 1. The average molecular weight is 465 g/mol. The first kappa shape index (κ1) is 16.3. The fourth-order valence-corrected chi connectivity index (χ4v) is 2.93. The Balaban J connectivity index is 2.30. The Bertz CT molecular complexity index is 647. The maximum absolute atomic E-state index is 10.9. The lowest BCUT2D eigenvalue weighted by Crippen LogP contribution is -2.16. The zero-order chi connectivity index (χ0) is 15.4. The van der Waals surface area contributed by atoms with Crippen LogP contribution in [0.3, 0.4) is 0 Å². The Kier molecular flexibility index (Phi) is 5.68. The highest BCUT2D eigenvalue weighted by Gasteiger charge is 2.18. The van der Waals surface area contributed by atoms with Crippen molar-refractivity contribution in [3.8, 4) is 11.4 Å². The molecular formula is C13H14BrIN4O2. The van der Waals surface area contributed by atoms with Crippen molar-refractivity contribution in [3.63, 3.8) is 0 Å². The minimum Gasteiger partial charge on any atom is -0.481 e. The van der Waals surface area contributed by atoms with Crippen molar-refractivity contribution in [2.75, 3.05) is 0 Å². The van der Waals surface area contributed by atoms with Crippen LogP contribution in [-0.4, -0.2) is 31.3 Å². The van der Waals surface area contributed by atoms with E-state index in [1.807, 2.05) is 25.1 Å². The molecule has 0 aliphatic heterocycles. The van der Waals surface area contributed by atoms with E-state index < -0.39 is 5.97 Å². The summed E-state index contributed by atoms with van der Waals surface area (Å²) in [5.74, 6) is -0.151. The second kappa shape index (κ2) is 7.30. The number of carboxylic acids is 1. The highest BCUT2D eigenvalue weighted by Crippen LogP contribution is 2.28. The van der Waals surface area contributed by atoms with Crippen molar-refractivity contribution >= 4 is 44.5 Å². The molecule has 6 nitrogen and oxygen atoms in total. The molecule has 1 atom stereocenters. The standard InChI is InChI=1S/C13H14BrIN4O2/c1-2-8(5-12(20)21)7-19-13(16-17-18-19)10-6-9(15)3-4-11(10)14/h3-4,6,8H,2,5,7H2,1H3,(H,20,21). The van der Waals surface area contributed by atoms with Crippen LogP contribution in [0.15, 0.2) is 22.7 Å². The van der Waals surface area contributed by atoms with E-state index in [1.165, 1.54) is 0 Å². The normalized spacial score (nSPS) is 12.3. The summed E-state index contributed by atoms with van der Waals surface area (Å²) in [5, 5.41) is 20.7. The molecule has 0 amide bonds. The van der Waals surface area contributed by atoms with Crippen LogP contribution in [-0.2, 0) is 11.3 Å². The number of carboxylic acid groups (broad SMARTS) is 1. The van der Waals surface area contributed by atoms with E-state index in [4.69, 9.17) is 5.11 Å². The SMILES string of the molecule is CCC(CC(=O)O)Cn1nnnc1-c1cc(I)ccc1Br. The second-order valence-corrected chi connectivity index (χ2v) is 6.78. The zero-order valence-electron chi connectivity index (χ0n) is 11.3. The summed E-state index contributed by atoms with van der Waals surface area (Å²) in [6, 6.07) is 5.93. The highest BCUT2D eigenvalue weighted by atomic mass is 127. The third-order valence-corrected chi connectivity index (χ3v) is 4.54. The van der Waals surface area contributed by atoms with Crippen LogP contribution in [0.25, 0.3) is 11.4 Å². The Hall–Kier alpha value is -1.03. The Morgan fingerprint density at radius 2 is 2.29 bits per heavy atom. The lowest BCUT2D eigenvalue weighted by Gasteiger charge is -2.13. The molecule has 2 aromatic rings. The summed E-state index contributed by atoms with van der Waals surface area (Å²) < 4.78 is 3.66. The van der Waals surface area contributed by atoms with Crippen LogP contribution >= 0.6 is 38.5 Å².